The number of carbonyl (C=O) groups is 1. The van der Waals surface area contributed by atoms with Gasteiger partial charge in [0.25, 0.3) is 0 Å². The molecule has 0 amide bonds. The lowest BCUT2D eigenvalue weighted by Gasteiger charge is -2.07. The van der Waals surface area contributed by atoms with Gasteiger partial charge in [-0.05, 0) is 12.1 Å². The highest BCUT2D eigenvalue weighted by Gasteiger charge is 2.13. The first-order chi connectivity index (χ1) is 8.10. The average molecular weight is 258 g/mol. The van der Waals surface area contributed by atoms with Gasteiger partial charge in [-0.25, -0.2) is 9.00 Å². The summed E-state index contributed by atoms with van der Waals surface area (Å²) in [7, 11) is 2.96. The predicted octanol–water partition coefficient (Wildman–Crippen LogP) is 1.54. The molecule has 1 aromatic rings. The topological polar surface area (TPSA) is 61.8 Å². The molecule has 1 atom stereocenters. The number of carbonyl (C=O) groups excluding carboxylic acids is 1. The van der Waals surface area contributed by atoms with E-state index in [2.05, 4.69) is 0 Å². The molecule has 0 N–H and O–H groups in total. The molecule has 6 heteroatoms. The Hall–Kier alpha value is -1.56. The molecule has 0 bridgehead atoms. The molecule has 0 aliphatic rings. The van der Waals surface area contributed by atoms with Gasteiger partial charge in [0.2, 0.25) is 11.1 Å². The van der Waals surface area contributed by atoms with Crippen molar-refractivity contribution in [2.24, 2.45) is 0 Å². The highest BCUT2D eigenvalue weighted by atomic mass is 32.2. The minimum Gasteiger partial charge on any atom is -0.497 e. The third-order valence-electron chi connectivity index (χ3n) is 1.99. The Labute approximate surface area is 102 Å². The smallest absolute Gasteiger partial charge is 0.352 e. The Morgan fingerprint density at radius 2 is 1.71 bits per heavy atom. The minimum absolute atomic E-state index is 0.239. The van der Waals surface area contributed by atoms with E-state index in [0.29, 0.717) is 11.5 Å². The van der Waals surface area contributed by atoms with Gasteiger partial charge in [-0.3, -0.25) is 0 Å². The molecule has 94 valence electrons. The SMILES string of the molecule is CCS(=O)OC(=O)c1cc(OC)cc(OC)c1. The van der Waals surface area contributed by atoms with Gasteiger partial charge < -0.3 is 13.7 Å². The number of ether oxygens (including phenoxy) is 2. The first-order valence-electron chi connectivity index (χ1n) is 4.94. The second-order valence-corrected chi connectivity index (χ2v) is 4.42. The quantitative estimate of drug-likeness (QED) is 0.801. The van der Waals surface area contributed by atoms with Crippen LogP contribution < -0.4 is 9.47 Å². The normalized spacial score (nSPS) is 11.7. The van der Waals surface area contributed by atoms with Gasteiger partial charge in [-0.2, -0.15) is 0 Å². The van der Waals surface area contributed by atoms with Crippen molar-refractivity contribution in [2.45, 2.75) is 6.92 Å². The van der Waals surface area contributed by atoms with Crippen LogP contribution in [0.2, 0.25) is 0 Å². The summed E-state index contributed by atoms with van der Waals surface area (Å²) in [5.41, 5.74) is 0.239. The number of methoxy groups -OCH3 is 2. The van der Waals surface area contributed by atoms with Gasteiger partial charge >= 0.3 is 5.97 Å². The zero-order valence-corrected chi connectivity index (χ0v) is 10.7. The summed E-state index contributed by atoms with van der Waals surface area (Å²) < 4.78 is 25.8. The van der Waals surface area contributed by atoms with E-state index in [-0.39, 0.29) is 11.3 Å². The van der Waals surface area contributed by atoms with Crippen molar-refractivity contribution < 1.29 is 22.7 Å². The fraction of sp³-hybridized carbons (Fsp3) is 0.364. The van der Waals surface area contributed by atoms with Crippen LogP contribution in [-0.2, 0) is 15.3 Å². The molecule has 0 heterocycles. The molecule has 5 nitrogen and oxygen atoms in total. The molecule has 0 aliphatic heterocycles. The molecule has 17 heavy (non-hydrogen) atoms. The van der Waals surface area contributed by atoms with Crippen LogP contribution in [0.3, 0.4) is 0 Å². The fourth-order valence-corrected chi connectivity index (χ4v) is 1.50. The van der Waals surface area contributed by atoms with Crippen molar-refractivity contribution in [3.05, 3.63) is 23.8 Å². The maximum atomic E-state index is 11.6. The van der Waals surface area contributed by atoms with E-state index in [1.807, 2.05) is 0 Å². The minimum atomic E-state index is -1.61. The Morgan fingerprint density at radius 3 is 2.12 bits per heavy atom. The van der Waals surface area contributed by atoms with Crippen LogP contribution in [0.1, 0.15) is 17.3 Å². The summed E-state index contributed by atoms with van der Waals surface area (Å²) in [5.74, 6) is 0.534. The van der Waals surface area contributed by atoms with Gasteiger partial charge in [0, 0.05) is 6.07 Å². The lowest BCUT2D eigenvalue weighted by molar-refractivity contribution is 0.0757. The van der Waals surface area contributed by atoms with Crippen molar-refractivity contribution >= 4 is 17.0 Å². The van der Waals surface area contributed by atoms with Gasteiger partial charge in [-0.1, -0.05) is 6.92 Å². The zero-order valence-electron chi connectivity index (χ0n) is 9.89. The maximum absolute atomic E-state index is 11.6. The van der Waals surface area contributed by atoms with Gasteiger partial charge in [0.1, 0.15) is 11.5 Å². The molecule has 0 fully saturated rings. The molecule has 1 aromatic carbocycles. The van der Waals surface area contributed by atoms with Crippen LogP contribution in [0.4, 0.5) is 0 Å². The summed E-state index contributed by atoms with van der Waals surface area (Å²) in [6.07, 6.45) is 0. The van der Waals surface area contributed by atoms with E-state index in [1.165, 1.54) is 26.4 Å². The molecule has 0 aliphatic carbocycles. The van der Waals surface area contributed by atoms with Crippen LogP contribution in [0.15, 0.2) is 18.2 Å². The van der Waals surface area contributed by atoms with Crippen LogP contribution >= 0.6 is 0 Å². The summed E-state index contributed by atoms with van der Waals surface area (Å²) in [4.78, 5) is 11.6. The van der Waals surface area contributed by atoms with Crippen molar-refractivity contribution in [3.8, 4) is 11.5 Å². The lowest BCUT2D eigenvalue weighted by atomic mass is 10.2. The van der Waals surface area contributed by atoms with E-state index in [9.17, 15) is 9.00 Å². The molecule has 1 rings (SSSR count). The number of hydrogen-bond acceptors (Lipinski definition) is 5. The van der Waals surface area contributed by atoms with Crippen LogP contribution in [0, 0.1) is 0 Å². The van der Waals surface area contributed by atoms with Crippen LogP contribution in [0.5, 0.6) is 11.5 Å². The Bertz CT molecular complexity index is 408. The highest BCUT2D eigenvalue weighted by molar-refractivity contribution is 7.80. The Kier molecular flexibility index (Phi) is 4.96. The molecule has 0 aromatic heterocycles. The molecule has 0 spiro atoms. The van der Waals surface area contributed by atoms with E-state index >= 15 is 0 Å². The van der Waals surface area contributed by atoms with Gasteiger partial charge in [0.05, 0.1) is 25.5 Å². The van der Waals surface area contributed by atoms with Crippen LogP contribution in [0.25, 0.3) is 0 Å². The summed E-state index contributed by atoms with van der Waals surface area (Å²) in [5, 5.41) is 0. The first kappa shape index (κ1) is 13.5. The molecular formula is C11H14O5S. The summed E-state index contributed by atoms with van der Waals surface area (Å²) in [6.45, 7) is 1.66. The summed E-state index contributed by atoms with van der Waals surface area (Å²) >= 11 is -1.61. The maximum Gasteiger partial charge on any atom is 0.352 e. The number of benzene rings is 1. The average Bonchev–Trinajstić information content (AvgIpc) is 2.37. The van der Waals surface area contributed by atoms with E-state index < -0.39 is 17.0 Å². The van der Waals surface area contributed by atoms with Crippen molar-refractivity contribution in [1.29, 1.82) is 0 Å². The van der Waals surface area contributed by atoms with Crippen molar-refractivity contribution in [2.75, 3.05) is 20.0 Å². The summed E-state index contributed by atoms with van der Waals surface area (Å²) in [6, 6.07) is 4.63. The standard InChI is InChI=1S/C11H14O5S/c1-4-17(13)16-11(12)8-5-9(14-2)7-10(6-8)15-3/h5-7H,4H2,1-3H3. The van der Waals surface area contributed by atoms with Gasteiger partial charge in [0.15, 0.2) is 0 Å². The number of hydrogen-bond donors (Lipinski definition) is 0. The third-order valence-corrected chi connectivity index (χ3v) is 2.80. The van der Waals surface area contributed by atoms with Gasteiger partial charge in [-0.15, -0.1) is 0 Å². The lowest BCUT2D eigenvalue weighted by Crippen LogP contribution is -2.09. The number of rotatable bonds is 5. The largest absolute Gasteiger partial charge is 0.497 e. The first-order valence-corrected chi connectivity index (χ1v) is 6.19. The molecule has 0 saturated heterocycles. The van der Waals surface area contributed by atoms with E-state index in [0.717, 1.165) is 0 Å². The Morgan fingerprint density at radius 1 is 1.18 bits per heavy atom. The monoisotopic (exact) mass is 258 g/mol. The predicted molar refractivity (Wildman–Crippen MR) is 63.6 cm³/mol. The highest BCUT2D eigenvalue weighted by Crippen LogP contribution is 2.23. The second-order valence-electron chi connectivity index (χ2n) is 3.06. The van der Waals surface area contributed by atoms with E-state index in [4.69, 9.17) is 13.7 Å². The Balaban J connectivity index is 2.96. The third kappa shape index (κ3) is 3.74. The van der Waals surface area contributed by atoms with Crippen molar-refractivity contribution in [1.82, 2.24) is 0 Å². The molecule has 0 saturated carbocycles. The molecular weight excluding hydrogens is 244 g/mol. The van der Waals surface area contributed by atoms with Crippen LogP contribution in [-0.4, -0.2) is 30.2 Å². The molecule has 0 radical (unpaired) electrons. The van der Waals surface area contributed by atoms with Crippen molar-refractivity contribution in [3.63, 3.8) is 0 Å². The van der Waals surface area contributed by atoms with E-state index in [1.54, 1.807) is 13.0 Å². The zero-order chi connectivity index (χ0) is 12.8. The molecule has 1 unspecified atom stereocenters. The fourth-order valence-electron chi connectivity index (χ4n) is 1.12. The second kappa shape index (κ2) is 6.24.